The van der Waals surface area contributed by atoms with E-state index in [1.165, 1.54) is 16.8 Å². The lowest BCUT2D eigenvalue weighted by Gasteiger charge is -2.12. The summed E-state index contributed by atoms with van der Waals surface area (Å²) in [5.74, 6) is 0. The average molecular weight is 217 g/mol. The van der Waals surface area contributed by atoms with Gasteiger partial charge in [0.05, 0.1) is 5.69 Å². The van der Waals surface area contributed by atoms with E-state index in [-0.39, 0.29) is 0 Å². The molecule has 2 aromatic rings. The zero-order valence-corrected chi connectivity index (χ0v) is 9.07. The minimum Gasteiger partial charge on any atom is -0.289 e. The number of rotatable bonds is 2. The van der Waals surface area contributed by atoms with Crippen molar-refractivity contribution in [1.29, 1.82) is 0 Å². The van der Waals surface area contributed by atoms with Crippen LogP contribution in [0.25, 0.3) is 0 Å². The Morgan fingerprint density at radius 3 is 3.20 bits per heavy atom. The minimum absolute atomic E-state index is 0.952. The van der Waals surface area contributed by atoms with E-state index in [0.29, 0.717) is 0 Å². The first-order chi connectivity index (χ1) is 7.42. The van der Waals surface area contributed by atoms with Crippen molar-refractivity contribution in [3.63, 3.8) is 0 Å². The Morgan fingerprint density at radius 2 is 2.40 bits per heavy atom. The summed E-state index contributed by atoms with van der Waals surface area (Å²) in [5.41, 5.74) is 3.84. The zero-order chi connectivity index (χ0) is 10.1. The second-order valence-corrected chi connectivity index (χ2v) is 4.55. The Hall–Kier alpha value is -1.26. The second-order valence-electron chi connectivity index (χ2n) is 3.77. The molecule has 0 aromatic carbocycles. The maximum absolute atomic E-state index is 4.29. The van der Waals surface area contributed by atoms with Gasteiger partial charge in [0.2, 0.25) is 0 Å². The first-order valence-corrected chi connectivity index (χ1v) is 5.87. The van der Waals surface area contributed by atoms with Gasteiger partial charge < -0.3 is 0 Å². The van der Waals surface area contributed by atoms with Gasteiger partial charge in [-0.15, -0.1) is 0 Å². The Labute approximate surface area is 92.4 Å². The summed E-state index contributed by atoms with van der Waals surface area (Å²) < 4.78 is 0. The predicted octanol–water partition coefficient (Wildman–Crippen LogP) is 2.05. The molecule has 0 amide bonds. The summed E-state index contributed by atoms with van der Waals surface area (Å²) in [5, 5.41) is 4.33. The molecule has 3 rings (SSSR count). The summed E-state index contributed by atoms with van der Waals surface area (Å²) in [7, 11) is 0. The van der Waals surface area contributed by atoms with Crippen LogP contribution in [-0.4, -0.2) is 14.9 Å². The van der Waals surface area contributed by atoms with Crippen LogP contribution in [-0.2, 0) is 19.6 Å². The standard InChI is InChI=1S/C11H11N3S/c1-2-15-7-9(1)4-14-5-10-3-12-8-13-11(10)6-14/h1-3,7-8H,4-6H2. The molecule has 0 fully saturated rings. The Kier molecular flexibility index (Phi) is 2.23. The van der Waals surface area contributed by atoms with Crippen molar-refractivity contribution in [3.8, 4) is 0 Å². The van der Waals surface area contributed by atoms with Crippen LogP contribution in [0, 0.1) is 0 Å². The van der Waals surface area contributed by atoms with Gasteiger partial charge in [-0.3, -0.25) is 4.90 Å². The molecule has 2 aromatic heterocycles. The molecule has 1 aliphatic heterocycles. The summed E-state index contributed by atoms with van der Waals surface area (Å²) >= 11 is 1.75. The molecule has 0 unspecified atom stereocenters. The lowest BCUT2D eigenvalue weighted by molar-refractivity contribution is 0.274. The van der Waals surface area contributed by atoms with E-state index in [2.05, 4.69) is 31.7 Å². The van der Waals surface area contributed by atoms with E-state index < -0.39 is 0 Å². The van der Waals surface area contributed by atoms with Crippen molar-refractivity contribution in [3.05, 3.63) is 46.2 Å². The van der Waals surface area contributed by atoms with Crippen LogP contribution in [0.15, 0.2) is 29.4 Å². The molecule has 3 heterocycles. The summed E-state index contributed by atoms with van der Waals surface area (Å²) in [6.45, 7) is 2.94. The van der Waals surface area contributed by atoms with Crippen LogP contribution in [0.5, 0.6) is 0 Å². The SMILES string of the molecule is c1ncc2c(n1)CN(Cc1ccsc1)C2. The van der Waals surface area contributed by atoms with Crippen molar-refractivity contribution in [1.82, 2.24) is 14.9 Å². The Bertz CT molecular complexity index is 425. The molecule has 0 bridgehead atoms. The van der Waals surface area contributed by atoms with Gasteiger partial charge >= 0.3 is 0 Å². The highest BCUT2D eigenvalue weighted by Gasteiger charge is 2.19. The molecule has 76 valence electrons. The first-order valence-electron chi connectivity index (χ1n) is 4.93. The molecule has 3 nitrogen and oxygen atoms in total. The summed E-state index contributed by atoms with van der Waals surface area (Å²) in [6.07, 6.45) is 3.56. The van der Waals surface area contributed by atoms with Gasteiger partial charge in [0.1, 0.15) is 6.33 Å². The van der Waals surface area contributed by atoms with Crippen LogP contribution in [0.2, 0.25) is 0 Å². The maximum Gasteiger partial charge on any atom is 0.115 e. The fourth-order valence-corrected chi connectivity index (χ4v) is 2.58. The number of nitrogens with zero attached hydrogens (tertiary/aromatic N) is 3. The molecule has 0 N–H and O–H groups in total. The van der Waals surface area contributed by atoms with Gasteiger partial charge in [-0.2, -0.15) is 11.3 Å². The number of hydrogen-bond acceptors (Lipinski definition) is 4. The van der Waals surface area contributed by atoms with Crippen LogP contribution in [0.3, 0.4) is 0 Å². The molecule has 15 heavy (non-hydrogen) atoms. The van der Waals surface area contributed by atoms with E-state index in [0.717, 1.165) is 19.6 Å². The molecular weight excluding hydrogens is 206 g/mol. The maximum atomic E-state index is 4.29. The highest BCUT2D eigenvalue weighted by molar-refractivity contribution is 7.07. The topological polar surface area (TPSA) is 29.0 Å². The van der Waals surface area contributed by atoms with Crippen molar-refractivity contribution < 1.29 is 0 Å². The van der Waals surface area contributed by atoms with E-state index in [1.54, 1.807) is 17.7 Å². The van der Waals surface area contributed by atoms with Crippen LogP contribution in [0.1, 0.15) is 16.8 Å². The molecule has 0 aliphatic carbocycles. The summed E-state index contributed by atoms with van der Waals surface area (Å²) in [4.78, 5) is 10.7. The number of fused-ring (bicyclic) bond motifs is 1. The third-order valence-corrected chi connectivity index (χ3v) is 3.37. The van der Waals surface area contributed by atoms with Gasteiger partial charge in [0, 0.05) is 31.4 Å². The fraction of sp³-hybridized carbons (Fsp3) is 0.273. The quantitative estimate of drug-likeness (QED) is 0.771. The van der Waals surface area contributed by atoms with Crippen molar-refractivity contribution in [2.45, 2.75) is 19.6 Å². The zero-order valence-electron chi connectivity index (χ0n) is 8.26. The normalized spacial score (nSPS) is 15.5. The molecule has 0 saturated carbocycles. The molecule has 4 heteroatoms. The van der Waals surface area contributed by atoms with Crippen molar-refractivity contribution in [2.75, 3.05) is 0 Å². The molecule has 1 aliphatic rings. The number of aromatic nitrogens is 2. The molecule has 0 saturated heterocycles. The largest absolute Gasteiger partial charge is 0.289 e. The minimum atomic E-state index is 0.952. The average Bonchev–Trinajstić information content (AvgIpc) is 2.86. The van der Waals surface area contributed by atoms with E-state index in [9.17, 15) is 0 Å². The van der Waals surface area contributed by atoms with Gasteiger partial charge in [-0.1, -0.05) is 0 Å². The van der Waals surface area contributed by atoms with Crippen LogP contribution < -0.4 is 0 Å². The number of hydrogen-bond donors (Lipinski definition) is 0. The van der Waals surface area contributed by atoms with Gasteiger partial charge in [0.15, 0.2) is 0 Å². The molecular formula is C11H11N3S. The monoisotopic (exact) mass is 217 g/mol. The van der Waals surface area contributed by atoms with Gasteiger partial charge in [-0.05, 0) is 22.4 Å². The third-order valence-electron chi connectivity index (χ3n) is 2.63. The number of thiophene rings is 1. The van der Waals surface area contributed by atoms with Gasteiger partial charge in [-0.25, -0.2) is 9.97 Å². The van der Waals surface area contributed by atoms with E-state index in [1.807, 2.05) is 6.20 Å². The van der Waals surface area contributed by atoms with Gasteiger partial charge in [0.25, 0.3) is 0 Å². The van der Waals surface area contributed by atoms with E-state index >= 15 is 0 Å². The van der Waals surface area contributed by atoms with Crippen molar-refractivity contribution >= 4 is 11.3 Å². The molecule has 0 spiro atoms. The molecule has 0 radical (unpaired) electrons. The first kappa shape index (κ1) is 9.00. The van der Waals surface area contributed by atoms with Crippen LogP contribution >= 0.6 is 11.3 Å². The Morgan fingerprint density at radius 1 is 1.40 bits per heavy atom. The highest BCUT2D eigenvalue weighted by Crippen LogP contribution is 2.21. The third kappa shape index (κ3) is 1.78. The lowest BCUT2D eigenvalue weighted by Crippen LogP contribution is -2.15. The lowest BCUT2D eigenvalue weighted by atomic mass is 10.3. The Balaban J connectivity index is 1.74. The fourth-order valence-electron chi connectivity index (χ4n) is 1.92. The van der Waals surface area contributed by atoms with Crippen LogP contribution in [0.4, 0.5) is 0 Å². The highest BCUT2D eigenvalue weighted by atomic mass is 32.1. The van der Waals surface area contributed by atoms with Crippen molar-refractivity contribution in [2.24, 2.45) is 0 Å². The summed E-state index contributed by atoms with van der Waals surface area (Å²) in [6, 6.07) is 2.18. The van der Waals surface area contributed by atoms with E-state index in [4.69, 9.17) is 0 Å². The second kappa shape index (κ2) is 3.72. The molecule has 0 atom stereocenters. The smallest absolute Gasteiger partial charge is 0.115 e. The predicted molar refractivity (Wildman–Crippen MR) is 59.3 cm³/mol.